The molecule has 0 saturated carbocycles. The van der Waals surface area contributed by atoms with Crippen LogP contribution in [0, 0.1) is 6.92 Å². The van der Waals surface area contributed by atoms with Gasteiger partial charge in [0.15, 0.2) is 0 Å². The summed E-state index contributed by atoms with van der Waals surface area (Å²) in [6.07, 6.45) is 0. The molecule has 0 radical (unpaired) electrons. The molecular formula is C24H20BrNO3. The number of aryl methyl sites for hydroxylation is 1. The molecule has 0 fully saturated rings. The van der Waals surface area contributed by atoms with Gasteiger partial charge in [0.2, 0.25) is 0 Å². The quantitative estimate of drug-likeness (QED) is 0.585. The maximum absolute atomic E-state index is 13.4. The van der Waals surface area contributed by atoms with Crippen molar-refractivity contribution in [1.29, 1.82) is 0 Å². The van der Waals surface area contributed by atoms with Crippen LogP contribution < -0.4 is 0 Å². The van der Waals surface area contributed by atoms with Crippen molar-refractivity contribution in [3.63, 3.8) is 0 Å². The van der Waals surface area contributed by atoms with E-state index in [1.165, 1.54) is 0 Å². The highest BCUT2D eigenvalue weighted by molar-refractivity contribution is 9.10. The number of carboxylic acids is 1. The van der Waals surface area contributed by atoms with Crippen molar-refractivity contribution < 1.29 is 14.7 Å². The lowest BCUT2D eigenvalue weighted by molar-refractivity contribution is -0.140. The molecule has 0 aliphatic carbocycles. The molecule has 0 spiro atoms. The van der Waals surface area contributed by atoms with Crippen LogP contribution in [-0.4, -0.2) is 21.9 Å². The van der Waals surface area contributed by atoms with Crippen molar-refractivity contribution in [3.8, 4) is 0 Å². The Morgan fingerprint density at radius 2 is 1.66 bits per heavy atom. The number of carbonyl (C=O) groups is 2. The van der Waals surface area contributed by atoms with Gasteiger partial charge in [-0.3, -0.25) is 9.59 Å². The summed E-state index contributed by atoms with van der Waals surface area (Å²) in [5.41, 5.74) is 3.93. The molecule has 1 N–H and O–H groups in total. The standard InChI is InChI=1S/C24H20BrNO3/c1-15-6-8-16(9-7-15)14-26-22(17-10-12-18(25)13-11-17)21(24(28)29)19-4-2-3-5-20(19)23(26)27/h2-13,21-22H,14H2,1H3,(H,28,29). The van der Waals surface area contributed by atoms with Gasteiger partial charge in [-0.15, -0.1) is 0 Å². The second kappa shape index (κ2) is 7.84. The van der Waals surface area contributed by atoms with Crippen LogP contribution in [0.3, 0.4) is 0 Å². The average Bonchev–Trinajstić information content (AvgIpc) is 2.72. The maximum atomic E-state index is 13.4. The fourth-order valence-corrected chi connectivity index (χ4v) is 4.22. The molecule has 2 atom stereocenters. The number of hydrogen-bond acceptors (Lipinski definition) is 2. The zero-order chi connectivity index (χ0) is 20.5. The van der Waals surface area contributed by atoms with E-state index in [1.54, 1.807) is 29.2 Å². The van der Waals surface area contributed by atoms with E-state index in [9.17, 15) is 14.7 Å². The molecule has 1 amide bonds. The van der Waals surface area contributed by atoms with Crippen LogP contribution >= 0.6 is 15.9 Å². The molecular weight excluding hydrogens is 430 g/mol. The van der Waals surface area contributed by atoms with E-state index in [2.05, 4.69) is 15.9 Å². The Labute approximate surface area is 177 Å². The molecule has 146 valence electrons. The van der Waals surface area contributed by atoms with Crippen LogP contribution in [0.1, 0.15) is 44.6 Å². The highest BCUT2D eigenvalue weighted by atomic mass is 79.9. The molecule has 0 bridgehead atoms. The third-order valence-electron chi connectivity index (χ3n) is 5.39. The van der Waals surface area contributed by atoms with E-state index >= 15 is 0 Å². The number of fused-ring (bicyclic) bond motifs is 1. The lowest BCUT2D eigenvalue weighted by Gasteiger charge is -2.41. The molecule has 4 nitrogen and oxygen atoms in total. The number of benzene rings is 3. The Balaban J connectivity index is 1.87. The third-order valence-corrected chi connectivity index (χ3v) is 5.92. The SMILES string of the molecule is Cc1ccc(CN2C(=O)c3ccccc3C(C(=O)O)C2c2ccc(Br)cc2)cc1. The van der Waals surface area contributed by atoms with Gasteiger partial charge in [-0.25, -0.2) is 0 Å². The van der Waals surface area contributed by atoms with Crippen LogP contribution in [-0.2, 0) is 11.3 Å². The van der Waals surface area contributed by atoms with Gasteiger partial charge in [0.25, 0.3) is 5.91 Å². The van der Waals surface area contributed by atoms with E-state index in [1.807, 2.05) is 55.5 Å². The summed E-state index contributed by atoms with van der Waals surface area (Å²) in [7, 11) is 0. The van der Waals surface area contributed by atoms with Crippen LogP contribution in [0.15, 0.2) is 77.3 Å². The molecule has 1 heterocycles. The first-order valence-corrected chi connectivity index (χ1v) is 10.2. The predicted octanol–water partition coefficient (Wildman–Crippen LogP) is 5.32. The number of carbonyl (C=O) groups excluding carboxylic acids is 1. The van der Waals surface area contributed by atoms with Crippen molar-refractivity contribution in [2.45, 2.75) is 25.4 Å². The van der Waals surface area contributed by atoms with Crippen molar-refractivity contribution in [3.05, 3.63) is 105 Å². The molecule has 29 heavy (non-hydrogen) atoms. The van der Waals surface area contributed by atoms with E-state index in [0.29, 0.717) is 17.7 Å². The van der Waals surface area contributed by atoms with E-state index in [4.69, 9.17) is 0 Å². The number of halogens is 1. The van der Waals surface area contributed by atoms with E-state index in [-0.39, 0.29) is 5.91 Å². The van der Waals surface area contributed by atoms with Crippen molar-refractivity contribution >= 4 is 27.8 Å². The molecule has 1 aliphatic heterocycles. The fraction of sp³-hybridized carbons (Fsp3) is 0.167. The number of carboxylic acid groups (broad SMARTS) is 1. The van der Waals surface area contributed by atoms with Gasteiger partial charge in [0.1, 0.15) is 5.92 Å². The summed E-state index contributed by atoms with van der Waals surface area (Å²) in [6.45, 7) is 2.36. The van der Waals surface area contributed by atoms with Gasteiger partial charge in [-0.2, -0.15) is 0 Å². The maximum Gasteiger partial charge on any atom is 0.313 e. The summed E-state index contributed by atoms with van der Waals surface area (Å²) < 4.78 is 0.903. The summed E-state index contributed by atoms with van der Waals surface area (Å²) >= 11 is 3.43. The van der Waals surface area contributed by atoms with Gasteiger partial charge < -0.3 is 10.0 Å². The normalized spacial score (nSPS) is 18.4. The Morgan fingerprint density at radius 1 is 1.00 bits per heavy atom. The monoisotopic (exact) mass is 449 g/mol. The molecule has 4 rings (SSSR count). The summed E-state index contributed by atoms with van der Waals surface area (Å²) in [5.74, 6) is -1.92. The van der Waals surface area contributed by atoms with E-state index < -0.39 is 17.9 Å². The van der Waals surface area contributed by atoms with Gasteiger partial charge in [0.05, 0.1) is 6.04 Å². The minimum Gasteiger partial charge on any atom is -0.481 e. The molecule has 5 heteroatoms. The van der Waals surface area contributed by atoms with Crippen molar-refractivity contribution in [2.24, 2.45) is 0 Å². The first-order chi connectivity index (χ1) is 14.0. The number of nitrogens with zero attached hydrogens (tertiary/aromatic N) is 1. The minimum atomic E-state index is -0.938. The largest absolute Gasteiger partial charge is 0.481 e. The van der Waals surface area contributed by atoms with Crippen molar-refractivity contribution in [2.75, 3.05) is 0 Å². The van der Waals surface area contributed by atoms with Crippen LogP contribution in [0.2, 0.25) is 0 Å². The summed E-state index contributed by atoms with van der Waals surface area (Å²) in [4.78, 5) is 27.5. The Bertz CT molecular complexity index is 1060. The Morgan fingerprint density at radius 3 is 2.31 bits per heavy atom. The second-order valence-electron chi connectivity index (χ2n) is 7.32. The number of hydrogen-bond donors (Lipinski definition) is 1. The lowest BCUT2D eigenvalue weighted by atomic mass is 9.79. The molecule has 2 unspecified atom stereocenters. The minimum absolute atomic E-state index is 0.147. The first-order valence-electron chi connectivity index (χ1n) is 9.39. The Kier molecular flexibility index (Phi) is 5.24. The zero-order valence-corrected chi connectivity index (χ0v) is 17.5. The molecule has 3 aromatic carbocycles. The first kappa shape index (κ1) is 19.4. The van der Waals surface area contributed by atoms with Crippen LogP contribution in [0.25, 0.3) is 0 Å². The zero-order valence-electron chi connectivity index (χ0n) is 15.9. The molecule has 0 aromatic heterocycles. The summed E-state index contributed by atoms with van der Waals surface area (Å²) in [5, 5.41) is 10.1. The molecule has 3 aromatic rings. The third kappa shape index (κ3) is 3.70. The van der Waals surface area contributed by atoms with Gasteiger partial charge in [-0.1, -0.05) is 76.1 Å². The highest BCUT2D eigenvalue weighted by Crippen LogP contribution is 2.43. The Hall–Kier alpha value is -2.92. The smallest absolute Gasteiger partial charge is 0.313 e. The van der Waals surface area contributed by atoms with E-state index in [0.717, 1.165) is 21.2 Å². The highest BCUT2D eigenvalue weighted by Gasteiger charge is 2.44. The van der Waals surface area contributed by atoms with Crippen molar-refractivity contribution in [1.82, 2.24) is 4.90 Å². The number of amides is 1. The molecule has 0 saturated heterocycles. The van der Waals surface area contributed by atoms with Gasteiger partial charge in [0, 0.05) is 16.6 Å². The topological polar surface area (TPSA) is 57.6 Å². The number of aliphatic carboxylic acids is 1. The fourth-order valence-electron chi connectivity index (χ4n) is 3.95. The summed E-state index contributed by atoms with van der Waals surface area (Å²) in [6, 6.07) is 21.9. The molecule has 1 aliphatic rings. The predicted molar refractivity (Wildman–Crippen MR) is 115 cm³/mol. The lowest BCUT2D eigenvalue weighted by Crippen LogP contribution is -2.44. The second-order valence-corrected chi connectivity index (χ2v) is 8.23. The van der Waals surface area contributed by atoms with Gasteiger partial charge in [-0.05, 0) is 41.8 Å². The van der Waals surface area contributed by atoms with Crippen LogP contribution in [0.4, 0.5) is 0 Å². The average molecular weight is 450 g/mol. The van der Waals surface area contributed by atoms with Crippen LogP contribution in [0.5, 0.6) is 0 Å². The van der Waals surface area contributed by atoms with Gasteiger partial charge >= 0.3 is 5.97 Å². The number of rotatable bonds is 4.